The van der Waals surface area contributed by atoms with Gasteiger partial charge >= 0.3 is 0 Å². The van der Waals surface area contributed by atoms with E-state index in [1.807, 2.05) is 6.92 Å². The van der Waals surface area contributed by atoms with Crippen molar-refractivity contribution in [2.75, 3.05) is 25.0 Å². The van der Waals surface area contributed by atoms with Crippen LogP contribution in [0.25, 0.3) is 5.69 Å². The predicted octanol–water partition coefficient (Wildman–Crippen LogP) is 4.55. The first-order valence-corrected chi connectivity index (χ1v) is 23.3. The molecule has 6 N–H and O–H groups in total. The van der Waals surface area contributed by atoms with E-state index in [-0.39, 0.29) is 58.2 Å². The van der Waals surface area contributed by atoms with Crippen LogP contribution in [0.3, 0.4) is 0 Å². The maximum absolute atomic E-state index is 14.2. The van der Waals surface area contributed by atoms with Gasteiger partial charge < -0.3 is 26.4 Å². The highest BCUT2D eigenvalue weighted by molar-refractivity contribution is 9.10. The van der Waals surface area contributed by atoms with Gasteiger partial charge in [0.1, 0.15) is 34.5 Å². The molecule has 6 amide bonds. The Labute approximate surface area is 403 Å². The van der Waals surface area contributed by atoms with E-state index in [1.54, 1.807) is 54.2 Å². The minimum Gasteiger partial charge on any atom is -0.487 e. The van der Waals surface area contributed by atoms with Crippen molar-refractivity contribution in [2.45, 2.75) is 90.4 Å². The monoisotopic (exact) mass is 1010 g/mol. The highest BCUT2D eigenvalue weighted by atomic mass is 79.9. The number of halogens is 3. The van der Waals surface area contributed by atoms with Crippen LogP contribution < -0.4 is 37.3 Å². The zero-order chi connectivity index (χ0) is 49.4. The Morgan fingerprint density at radius 1 is 0.942 bits per heavy atom. The Morgan fingerprint density at radius 2 is 1.71 bits per heavy atom. The lowest BCUT2D eigenvalue weighted by molar-refractivity contribution is -0.136. The molecule has 3 aromatic carbocycles. The van der Waals surface area contributed by atoms with E-state index in [9.17, 15) is 42.3 Å². The lowest BCUT2D eigenvalue weighted by Gasteiger charge is -2.27. The fraction of sp³-hybridized carbons (Fsp3) is 0.354. The average Bonchev–Trinajstić information content (AvgIpc) is 3.88. The molecule has 0 bridgehead atoms. The van der Waals surface area contributed by atoms with Crippen molar-refractivity contribution < 1.29 is 42.3 Å². The molecule has 362 valence electrons. The van der Waals surface area contributed by atoms with Crippen LogP contribution in [0.1, 0.15) is 98.5 Å². The third-order valence-electron chi connectivity index (χ3n) is 11.8. The van der Waals surface area contributed by atoms with Crippen LogP contribution in [0.5, 0.6) is 5.75 Å². The molecule has 69 heavy (non-hydrogen) atoms. The maximum atomic E-state index is 14.2. The molecule has 5 aromatic rings. The van der Waals surface area contributed by atoms with Gasteiger partial charge in [0.15, 0.2) is 0 Å². The standard InChI is InChI=1S/C48H51BrF2N10O8/c1-27-11-12-29(23-38(27)60-28(2)22-39(42(49)48(60)68)69-26-30-13-14-31(50)24-34(30)51)43(63)54-19-4-3-8-32-25-59(58-57-32)21-17-35(52)44(64)55-20-6-5-18-53-36-10-7-9-33-41(36)47(67)61(46(33)66)37-15-16-40(62)56-45(37)65/h7,9-14,22-25,35,37,53H,3-6,8,15-21,26,52H2,1-2H3,(H,54,63)(H,55,64)(H,56,62,65). The number of carbonyl (C=O) groups is 6. The molecule has 2 aliphatic rings. The molecule has 4 heterocycles. The van der Waals surface area contributed by atoms with Gasteiger partial charge in [-0.05, 0) is 117 Å². The smallest absolute Gasteiger partial charge is 0.273 e. The minimum absolute atomic E-state index is 0.0357. The molecule has 1 fully saturated rings. The number of pyridine rings is 1. The number of amides is 6. The normalized spacial score (nSPS) is 14.9. The van der Waals surface area contributed by atoms with Crippen LogP contribution >= 0.6 is 15.9 Å². The Balaban J connectivity index is 0.786. The molecule has 2 unspecified atom stereocenters. The molecule has 1 saturated heterocycles. The summed E-state index contributed by atoms with van der Waals surface area (Å²) >= 11 is 3.31. The largest absolute Gasteiger partial charge is 0.487 e. The van der Waals surface area contributed by atoms with Gasteiger partial charge in [0.05, 0.1) is 28.6 Å². The topological polar surface area (TPSA) is 242 Å². The fourth-order valence-electron chi connectivity index (χ4n) is 8.05. The van der Waals surface area contributed by atoms with Crippen molar-refractivity contribution in [3.05, 3.63) is 133 Å². The first-order chi connectivity index (χ1) is 33.1. The van der Waals surface area contributed by atoms with Gasteiger partial charge in [0.2, 0.25) is 17.7 Å². The van der Waals surface area contributed by atoms with Gasteiger partial charge in [-0.15, -0.1) is 5.10 Å². The van der Waals surface area contributed by atoms with Crippen LogP contribution in [0, 0.1) is 25.5 Å². The zero-order valence-electron chi connectivity index (χ0n) is 37.9. The predicted molar refractivity (Wildman–Crippen MR) is 252 cm³/mol. The number of piperidine rings is 1. The molecular formula is C48H51BrF2N10O8. The summed E-state index contributed by atoms with van der Waals surface area (Å²) in [4.78, 5) is 90.7. The number of ether oxygens (including phenoxy) is 1. The van der Waals surface area contributed by atoms with E-state index in [1.165, 1.54) is 16.7 Å². The Morgan fingerprint density at radius 3 is 2.49 bits per heavy atom. The Bertz CT molecular complexity index is 2870. The first kappa shape index (κ1) is 49.8. The number of nitrogens with zero attached hydrogens (tertiary/aromatic N) is 5. The van der Waals surface area contributed by atoms with E-state index < -0.39 is 52.9 Å². The number of carbonyl (C=O) groups excluding carboxylic acids is 6. The molecule has 2 aromatic heterocycles. The summed E-state index contributed by atoms with van der Waals surface area (Å²) in [6, 6.07) is 12.9. The SMILES string of the molecule is Cc1ccc(C(=O)NCCCCc2cn(CCC(N)C(=O)NCCCCNc3cccc4c3C(=O)N(C3CCC(=O)NC3=O)C4=O)nn2)cc1-n1c(C)cc(OCc2ccc(F)cc2F)c(Br)c1=O. The van der Waals surface area contributed by atoms with Crippen LogP contribution in [0.15, 0.2) is 76.1 Å². The van der Waals surface area contributed by atoms with E-state index in [0.29, 0.717) is 80.9 Å². The van der Waals surface area contributed by atoms with Crippen LogP contribution in [0.2, 0.25) is 0 Å². The molecule has 18 nitrogen and oxygen atoms in total. The van der Waals surface area contributed by atoms with Crippen LogP contribution in [-0.4, -0.2) is 91.6 Å². The number of fused-ring (bicyclic) bond motifs is 1. The highest BCUT2D eigenvalue weighted by Gasteiger charge is 2.45. The number of imide groups is 2. The summed E-state index contributed by atoms with van der Waals surface area (Å²) in [7, 11) is 0. The molecule has 0 saturated carbocycles. The van der Waals surface area contributed by atoms with Crippen LogP contribution in [0.4, 0.5) is 14.5 Å². The number of anilines is 1. The second kappa shape index (κ2) is 22.3. The minimum atomic E-state index is -1.05. The second-order valence-corrected chi connectivity index (χ2v) is 17.6. The molecule has 0 radical (unpaired) electrons. The maximum Gasteiger partial charge on any atom is 0.273 e. The number of aromatic nitrogens is 4. The number of unbranched alkanes of at least 4 members (excludes halogenated alkanes) is 2. The molecule has 0 spiro atoms. The number of nitrogens with two attached hydrogens (primary N) is 1. The zero-order valence-corrected chi connectivity index (χ0v) is 39.5. The molecule has 7 rings (SSSR count). The molecule has 21 heteroatoms. The van der Waals surface area contributed by atoms with Crippen molar-refractivity contribution in [3.63, 3.8) is 0 Å². The van der Waals surface area contributed by atoms with E-state index in [0.717, 1.165) is 34.7 Å². The number of hydrogen-bond acceptors (Lipinski definition) is 12. The lowest BCUT2D eigenvalue weighted by Crippen LogP contribution is -2.54. The first-order valence-electron chi connectivity index (χ1n) is 22.5. The summed E-state index contributed by atoms with van der Waals surface area (Å²) in [5.74, 6) is -4.16. The summed E-state index contributed by atoms with van der Waals surface area (Å²) in [6.45, 7) is 4.91. The number of hydrogen-bond donors (Lipinski definition) is 5. The van der Waals surface area contributed by atoms with Gasteiger partial charge in [-0.3, -0.25) is 53.0 Å². The fourth-order valence-corrected chi connectivity index (χ4v) is 8.46. The van der Waals surface area contributed by atoms with Crippen LogP contribution in [-0.2, 0) is 34.0 Å². The number of aryl methyl sites for hydroxylation is 4. The summed E-state index contributed by atoms with van der Waals surface area (Å²) in [5, 5.41) is 19.5. The van der Waals surface area contributed by atoms with Crippen molar-refractivity contribution in [3.8, 4) is 11.4 Å². The quantitative estimate of drug-likeness (QED) is 0.0503. The molecular weight excluding hydrogens is 962 g/mol. The van der Waals surface area contributed by atoms with Gasteiger partial charge in [-0.25, -0.2) is 8.78 Å². The van der Waals surface area contributed by atoms with E-state index in [2.05, 4.69) is 47.5 Å². The second-order valence-electron chi connectivity index (χ2n) is 16.8. The number of benzene rings is 3. The van der Waals surface area contributed by atoms with Crippen molar-refractivity contribution in [2.24, 2.45) is 5.73 Å². The number of nitrogens with one attached hydrogen (secondary N) is 4. The third kappa shape index (κ3) is 11.8. The number of rotatable bonds is 21. The molecule has 2 aliphatic heterocycles. The van der Waals surface area contributed by atoms with E-state index >= 15 is 0 Å². The Kier molecular flexibility index (Phi) is 16.1. The Hall–Kier alpha value is -7.13. The molecule has 0 aliphatic carbocycles. The van der Waals surface area contributed by atoms with Gasteiger partial charge in [-0.2, -0.15) is 0 Å². The van der Waals surface area contributed by atoms with E-state index in [4.69, 9.17) is 10.5 Å². The van der Waals surface area contributed by atoms with Gasteiger partial charge in [-0.1, -0.05) is 17.3 Å². The third-order valence-corrected chi connectivity index (χ3v) is 12.6. The molecule has 2 atom stereocenters. The summed E-state index contributed by atoms with van der Waals surface area (Å²) < 4.78 is 36.4. The summed E-state index contributed by atoms with van der Waals surface area (Å²) in [6.07, 6.45) is 5.47. The summed E-state index contributed by atoms with van der Waals surface area (Å²) in [5.41, 5.74) is 9.58. The van der Waals surface area contributed by atoms with Crippen molar-refractivity contribution >= 4 is 57.1 Å². The lowest BCUT2D eigenvalue weighted by atomic mass is 10.0. The van der Waals surface area contributed by atoms with Gasteiger partial charge in [0, 0.05) is 73.4 Å². The van der Waals surface area contributed by atoms with Crippen molar-refractivity contribution in [1.82, 2.24) is 40.4 Å². The highest BCUT2D eigenvalue weighted by Crippen LogP contribution is 2.33. The van der Waals surface area contributed by atoms with Gasteiger partial charge in [0.25, 0.3) is 23.3 Å². The average molecular weight is 1010 g/mol. The van der Waals surface area contributed by atoms with Crippen molar-refractivity contribution in [1.29, 1.82) is 0 Å².